The van der Waals surface area contributed by atoms with Crippen molar-refractivity contribution < 1.29 is 4.74 Å². The van der Waals surface area contributed by atoms with Gasteiger partial charge in [0, 0.05) is 69.2 Å². The van der Waals surface area contributed by atoms with E-state index in [0.29, 0.717) is 11.0 Å². The van der Waals surface area contributed by atoms with Crippen LogP contribution in [0.5, 0.6) is 0 Å². The van der Waals surface area contributed by atoms with Crippen LogP contribution in [0.25, 0.3) is 11.0 Å². The fourth-order valence-corrected chi connectivity index (χ4v) is 7.32. The van der Waals surface area contributed by atoms with E-state index in [0.717, 1.165) is 55.9 Å². The van der Waals surface area contributed by atoms with Crippen molar-refractivity contribution in [1.82, 2.24) is 29.4 Å². The Hall–Kier alpha value is -2.45. The van der Waals surface area contributed by atoms with E-state index in [9.17, 15) is 0 Å². The molecule has 3 aliphatic carbocycles. The van der Waals surface area contributed by atoms with Gasteiger partial charge in [-0.2, -0.15) is 10.2 Å². The van der Waals surface area contributed by atoms with Crippen molar-refractivity contribution in [3.63, 3.8) is 0 Å². The number of ether oxygens (including phenoxy) is 1. The zero-order chi connectivity index (χ0) is 25.1. The molecule has 0 amide bonds. The van der Waals surface area contributed by atoms with E-state index in [1.165, 1.54) is 61.2 Å². The first-order chi connectivity index (χ1) is 17.3. The van der Waals surface area contributed by atoms with Crippen LogP contribution < -0.4 is 4.90 Å². The Morgan fingerprint density at radius 1 is 1.11 bits per heavy atom. The molecule has 194 valence electrons. The van der Waals surface area contributed by atoms with Crippen LogP contribution in [0.2, 0.25) is 0 Å². The molecule has 7 rings (SSSR count). The molecule has 3 saturated carbocycles. The molecule has 2 bridgehead atoms. The van der Waals surface area contributed by atoms with E-state index < -0.39 is 0 Å². The van der Waals surface area contributed by atoms with Gasteiger partial charge in [-0.05, 0) is 70.9 Å². The predicted octanol–water partition coefficient (Wildman–Crippen LogP) is 4.02. The summed E-state index contributed by atoms with van der Waals surface area (Å²) in [6.45, 7) is 9.14. The highest BCUT2D eigenvalue weighted by molar-refractivity contribution is 5.89. The number of methoxy groups -OCH3 is 1. The van der Waals surface area contributed by atoms with Crippen LogP contribution in [0.1, 0.15) is 61.2 Å². The molecule has 3 aromatic rings. The van der Waals surface area contributed by atoms with Crippen LogP contribution in [0.15, 0.2) is 12.3 Å². The van der Waals surface area contributed by atoms with Gasteiger partial charge in [-0.15, -0.1) is 0 Å². The lowest BCUT2D eigenvalue weighted by molar-refractivity contribution is -0.0576. The molecule has 1 aliphatic heterocycles. The van der Waals surface area contributed by atoms with E-state index in [1.807, 2.05) is 25.0 Å². The zero-order valence-electron chi connectivity index (χ0n) is 22.7. The van der Waals surface area contributed by atoms with Gasteiger partial charge in [0.1, 0.15) is 0 Å². The Bertz CT molecular complexity index is 1250. The van der Waals surface area contributed by atoms with Crippen molar-refractivity contribution in [2.75, 3.05) is 38.8 Å². The molecule has 4 aliphatic rings. The van der Waals surface area contributed by atoms with E-state index in [1.54, 1.807) is 0 Å². The third-order valence-corrected chi connectivity index (χ3v) is 9.77. The molecular formula is C28H41N7O. The summed E-state index contributed by atoms with van der Waals surface area (Å²) in [6.07, 6.45) is 10.9. The van der Waals surface area contributed by atoms with Gasteiger partial charge in [-0.1, -0.05) is 0 Å². The number of aryl methyl sites for hydroxylation is 3. The highest BCUT2D eigenvalue weighted by Crippen LogP contribution is 2.55. The first-order valence-corrected chi connectivity index (χ1v) is 13.6. The van der Waals surface area contributed by atoms with E-state index in [4.69, 9.17) is 14.8 Å². The fourth-order valence-electron chi connectivity index (χ4n) is 7.32. The standard InChI is InChI=1S/C28H41N7O/c1-20-16-25(22-17-29-33(4)26(22)30-20)34-13-6-24-23(18-34)21(2)31-35(24)19-27-7-10-28(11-8-27,12-9-27)32(3)14-15-36-5/h16-17H,6-15,18-19H2,1-5H3. The van der Waals surface area contributed by atoms with Crippen molar-refractivity contribution in [3.05, 3.63) is 34.9 Å². The first-order valence-electron chi connectivity index (χ1n) is 13.6. The molecule has 4 heterocycles. The Balaban J connectivity index is 1.20. The lowest BCUT2D eigenvalue weighted by atomic mass is 9.56. The maximum Gasteiger partial charge on any atom is 0.159 e. The summed E-state index contributed by atoms with van der Waals surface area (Å²) in [7, 11) is 6.08. The van der Waals surface area contributed by atoms with Gasteiger partial charge in [0.25, 0.3) is 0 Å². The number of aromatic nitrogens is 5. The number of likely N-dealkylation sites (N-methyl/N-ethyl adjacent to an activating group) is 1. The quantitative estimate of drug-likeness (QED) is 0.498. The monoisotopic (exact) mass is 491 g/mol. The summed E-state index contributed by atoms with van der Waals surface area (Å²) < 4.78 is 9.65. The second kappa shape index (κ2) is 8.84. The second-order valence-electron chi connectivity index (χ2n) is 11.8. The number of pyridine rings is 1. The lowest BCUT2D eigenvalue weighted by Crippen LogP contribution is -2.56. The Labute approximate surface area is 214 Å². The molecule has 3 fully saturated rings. The van der Waals surface area contributed by atoms with Gasteiger partial charge in [-0.25, -0.2) is 4.98 Å². The number of nitrogens with zero attached hydrogens (tertiary/aromatic N) is 7. The van der Waals surface area contributed by atoms with Gasteiger partial charge in [0.15, 0.2) is 5.65 Å². The minimum absolute atomic E-state index is 0.389. The fraction of sp³-hybridized carbons (Fsp3) is 0.679. The van der Waals surface area contributed by atoms with Crippen molar-refractivity contribution in [3.8, 4) is 0 Å². The van der Waals surface area contributed by atoms with Crippen LogP contribution >= 0.6 is 0 Å². The predicted molar refractivity (Wildman–Crippen MR) is 142 cm³/mol. The molecule has 36 heavy (non-hydrogen) atoms. The summed E-state index contributed by atoms with van der Waals surface area (Å²) in [4.78, 5) is 9.82. The number of rotatable bonds is 7. The number of hydrogen-bond acceptors (Lipinski definition) is 6. The van der Waals surface area contributed by atoms with Crippen LogP contribution in [0.4, 0.5) is 5.69 Å². The molecule has 0 aromatic carbocycles. The van der Waals surface area contributed by atoms with E-state index in [2.05, 4.69) is 46.5 Å². The average Bonchev–Trinajstić information content (AvgIpc) is 3.41. The van der Waals surface area contributed by atoms with Gasteiger partial charge in [-0.3, -0.25) is 14.3 Å². The molecule has 8 heteroatoms. The SMILES string of the molecule is COCCN(C)C12CCC(Cn3nc(C)c4c3CCN(c3cc(C)nc5c3cnn5C)C4)(CC1)CC2. The molecule has 0 unspecified atom stereocenters. The Morgan fingerprint density at radius 3 is 2.58 bits per heavy atom. The Morgan fingerprint density at radius 2 is 1.86 bits per heavy atom. The molecule has 0 N–H and O–H groups in total. The third-order valence-electron chi connectivity index (χ3n) is 9.77. The maximum atomic E-state index is 5.36. The van der Waals surface area contributed by atoms with Gasteiger partial charge in [0.2, 0.25) is 0 Å². The topological polar surface area (TPSA) is 64.2 Å². The molecule has 0 atom stereocenters. The highest BCUT2D eigenvalue weighted by atomic mass is 16.5. The van der Waals surface area contributed by atoms with Crippen LogP contribution in [-0.2, 0) is 31.3 Å². The summed E-state index contributed by atoms with van der Waals surface area (Å²) in [5.74, 6) is 0. The largest absolute Gasteiger partial charge is 0.383 e. The molecule has 0 saturated heterocycles. The van der Waals surface area contributed by atoms with Crippen molar-refractivity contribution >= 4 is 16.7 Å². The number of fused-ring (bicyclic) bond motifs is 5. The zero-order valence-corrected chi connectivity index (χ0v) is 22.7. The summed E-state index contributed by atoms with van der Waals surface area (Å²) in [5, 5.41) is 10.8. The van der Waals surface area contributed by atoms with Crippen molar-refractivity contribution in [2.24, 2.45) is 12.5 Å². The Kier molecular flexibility index (Phi) is 5.87. The van der Waals surface area contributed by atoms with Crippen molar-refractivity contribution in [2.45, 2.75) is 77.4 Å². The van der Waals surface area contributed by atoms with E-state index in [-0.39, 0.29) is 0 Å². The van der Waals surface area contributed by atoms with Gasteiger partial charge >= 0.3 is 0 Å². The molecule has 8 nitrogen and oxygen atoms in total. The smallest absolute Gasteiger partial charge is 0.159 e. The minimum Gasteiger partial charge on any atom is -0.383 e. The van der Waals surface area contributed by atoms with Crippen molar-refractivity contribution in [1.29, 1.82) is 0 Å². The van der Waals surface area contributed by atoms with Gasteiger partial charge in [0.05, 0.1) is 29.6 Å². The number of anilines is 1. The van der Waals surface area contributed by atoms with Crippen LogP contribution in [0.3, 0.4) is 0 Å². The normalized spacial score (nSPS) is 25.8. The van der Waals surface area contributed by atoms with Crippen LogP contribution in [-0.4, -0.2) is 68.8 Å². The maximum absolute atomic E-state index is 5.36. The second-order valence-corrected chi connectivity index (χ2v) is 11.8. The van der Waals surface area contributed by atoms with Gasteiger partial charge < -0.3 is 9.64 Å². The third kappa shape index (κ3) is 3.84. The highest BCUT2D eigenvalue weighted by Gasteiger charge is 2.50. The average molecular weight is 492 g/mol. The molecule has 0 radical (unpaired) electrons. The minimum atomic E-state index is 0.389. The van der Waals surface area contributed by atoms with E-state index >= 15 is 0 Å². The first kappa shape index (κ1) is 23.9. The summed E-state index contributed by atoms with van der Waals surface area (Å²) >= 11 is 0. The van der Waals surface area contributed by atoms with Crippen LogP contribution in [0, 0.1) is 19.3 Å². The molecule has 0 spiro atoms. The number of hydrogen-bond donors (Lipinski definition) is 0. The summed E-state index contributed by atoms with van der Waals surface area (Å²) in [5.41, 5.74) is 8.13. The molecular weight excluding hydrogens is 450 g/mol. The summed E-state index contributed by atoms with van der Waals surface area (Å²) in [6, 6.07) is 2.22. The molecule has 3 aromatic heterocycles. The lowest BCUT2D eigenvalue weighted by Gasteiger charge is -2.57.